The van der Waals surface area contributed by atoms with E-state index in [1.54, 1.807) is 36.4 Å². The average molecular weight is 444 g/mol. The van der Waals surface area contributed by atoms with Crippen molar-refractivity contribution in [2.75, 3.05) is 13.7 Å². The molecular formula is C21H15Cl2N3O4. The fourth-order valence-corrected chi connectivity index (χ4v) is 3.94. The number of rotatable bonds is 3. The first kappa shape index (κ1) is 20.1. The molecule has 2 aliphatic rings. The molecular weight excluding hydrogens is 429 g/mol. The maximum absolute atomic E-state index is 12.9. The van der Waals surface area contributed by atoms with Crippen molar-refractivity contribution in [3.8, 4) is 17.6 Å². The molecule has 7 nitrogen and oxygen atoms in total. The van der Waals surface area contributed by atoms with Gasteiger partial charge in [-0.2, -0.15) is 0 Å². The summed E-state index contributed by atoms with van der Waals surface area (Å²) in [6.45, 7) is 0.162. The predicted molar refractivity (Wildman–Crippen MR) is 110 cm³/mol. The SMILES string of the molecule is COc1ccc2c(c1)C(=O)N(C[C@@]1(C#Cc3cc(Cl)cc(Cl)c3)NC(=O)NC1=O)C2. The molecule has 152 valence electrons. The fourth-order valence-electron chi connectivity index (χ4n) is 3.42. The number of hydrogen-bond acceptors (Lipinski definition) is 4. The summed E-state index contributed by atoms with van der Waals surface area (Å²) in [5.74, 6) is 5.30. The van der Waals surface area contributed by atoms with E-state index in [1.807, 2.05) is 0 Å². The van der Waals surface area contributed by atoms with Gasteiger partial charge in [0.05, 0.1) is 13.7 Å². The molecule has 2 aromatic rings. The second-order valence-electron chi connectivity index (χ2n) is 6.91. The molecule has 2 heterocycles. The summed E-state index contributed by atoms with van der Waals surface area (Å²) in [5, 5.41) is 5.53. The molecule has 2 aromatic carbocycles. The number of urea groups is 1. The van der Waals surface area contributed by atoms with Crippen LogP contribution < -0.4 is 15.4 Å². The first-order chi connectivity index (χ1) is 14.3. The highest BCUT2D eigenvalue weighted by Crippen LogP contribution is 2.28. The van der Waals surface area contributed by atoms with E-state index in [9.17, 15) is 14.4 Å². The van der Waals surface area contributed by atoms with Crippen molar-refractivity contribution in [3.63, 3.8) is 0 Å². The summed E-state index contributed by atoms with van der Waals surface area (Å²) in [6, 6.07) is 9.27. The summed E-state index contributed by atoms with van der Waals surface area (Å²) in [5.41, 5.74) is 0.161. The van der Waals surface area contributed by atoms with Gasteiger partial charge in [-0.1, -0.05) is 41.1 Å². The minimum atomic E-state index is -1.60. The number of nitrogens with zero attached hydrogens (tertiary/aromatic N) is 1. The largest absolute Gasteiger partial charge is 0.497 e. The standard InChI is InChI=1S/C21H15Cl2N3O4/c1-30-16-3-2-13-10-26(18(27)17(13)9-16)11-21(19(28)24-20(29)25-21)5-4-12-6-14(22)8-15(23)7-12/h2-3,6-9H,10-11H2,1H3,(H2,24,25,28,29)/t21-/m1/s1. The van der Waals surface area contributed by atoms with Crippen LogP contribution in [0, 0.1) is 11.8 Å². The third-order valence-corrected chi connectivity index (χ3v) is 5.28. The lowest BCUT2D eigenvalue weighted by atomic mass is 9.99. The van der Waals surface area contributed by atoms with Gasteiger partial charge in [-0.15, -0.1) is 0 Å². The Morgan fingerprint density at radius 1 is 1.13 bits per heavy atom. The predicted octanol–water partition coefficient (Wildman–Crippen LogP) is 2.59. The molecule has 0 radical (unpaired) electrons. The van der Waals surface area contributed by atoms with Gasteiger partial charge in [-0.05, 0) is 35.9 Å². The lowest BCUT2D eigenvalue weighted by molar-refractivity contribution is -0.122. The summed E-state index contributed by atoms with van der Waals surface area (Å²) >= 11 is 12.0. The molecule has 9 heteroatoms. The molecule has 0 aromatic heterocycles. The van der Waals surface area contributed by atoms with E-state index in [1.165, 1.54) is 12.0 Å². The normalized spacial score (nSPS) is 19.7. The highest BCUT2D eigenvalue weighted by Gasteiger charge is 2.48. The smallest absolute Gasteiger partial charge is 0.323 e. The van der Waals surface area contributed by atoms with Gasteiger partial charge in [-0.25, -0.2) is 4.79 Å². The molecule has 0 saturated carbocycles. The molecule has 0 unspecified atom stereocenters. The van der Waals surface area contributed by atoms with Crippen molar-refractivity contribution >= 4 is 41.0 Å². The Morgan fingerprint density at radius 3 is 2.50 bits per heavy atom. The van der Waals surface area contributed by atoms with E-state index in [2.05, 4.69) is 22.5 Å². The van der Waals surface area contributed by atoms with Gasteiger partial charge in [0.15, 0.2) is 0 Å². The number of ether oxygens (including phenoxy) is 1. The molecule has 30 heavy (non-hydrogen) atoms. The zero-order valence-electron chi connectivity index (χ0n) is 15.7. The Morgan fingerprint density at radius 2 is 1.87 bits per heavy atom. The number of carbonyl (C=O) groups excluding carboxylic acids is 3. The van der Waals surface area contributed by atoms with Crippen molar-refractivity contribution in [2.24, 2.45) is 0 Å². The third-order valence-electron chi connectivity index (χ3n) is 4.85. The second-order valence-corrected chi connectivity index (χ2v) is 7.78. The summed E-state index contributed by atoms with van der Waals surface area (Å²) in [6.07, 6.45) is 0. The zero-order chi connectivity index (χ0) is 21.5. The van der Waals surface area contributed by atoms with Gasteiger partial charge in [-0.3, -0.25) is 14.9 Å². The number of amides is 4. The number of nitrogens with one attached hydrogen (secondary N) is 2. The van der Waals surface area contributed by atoms with Crippen LogP contribution in [0.1, 0.15) is 21.5 Å². The first-order valence-corrected chi connectivity index (χ1v) is 9.64. The van der Waals surface area contributed by atoms with Gasteiger partial charge in [0, 0.05) is 27.7 Å². The van der Waals surface area contributed by atoms with Gasteiger partial charge in [0.25, 0.3) is 11.8 Å². The highest BCUT2D eigenvalue weighted by atomic mass is 35.5. The zero-order valence-corrected chi connectivity index (χ0v) is 17.2. The molecule has 4 amide bonds. The number of fused-ring (bicyclic) bond motifs is 1. The van der Waals surface area contributed by atoms with Crippen molar-refractivity contribution < 1.29 is 19.1 Å². The number of methoxy groups -OCH3 is 1. The van der Waals surface area contributed by atoms with Crippen LogP contribution in [0.4, 0.5) is 4.79 Å². The van der Waals surface area contributed by atoms with E-state index >= 15 is 0 Å². The Bertz CT molecular complexity index is 1130. The Labute approximate surface area is 182 Å². The summed E-state index contributed by atoms with van der Waals surface area (Å²) in [7, 11) is 1.52. The number of benzene rings is 2. The van der Waals surface area contributed by atoms with Crippen LogP contribution >= 0.6 is 23.2 Å². The quantitative estimate of drug-likeness (QED) is 0.563. The van der Waals surface area contributed by atoms with E-state index in [0.717, 1.165) is 5.56 Å². The van der Waals surface area contributed by atoms with Gasteiger partial charge in [0.2, 0.25) is 5.54 Å². The van der Waals surface area contributed by atoms with Crippen LogP contribution in [0.2, 0.25) is 10.0 Å². The number of imide groups is 1. The van der Waals surface area contributed by atoms with E-state index in [4.69, 9.17) is 27.9 Å². The van der Waals surface area contributed by atoms with Crippen molar-refractivity contribution in [1.29, 1.82) is 0 Å². The van der Waals surface area contributed by atoms with Gasteiger partial charge in [0.1, 0.15) is 5.75 Å². The summed E-state index contributed by atoms with van der Waals surface area (Å²) < 4.78 is 5.18. The van der Waals surface area contributed by atoms with Crippen LogP contribution in [0.15, 0.2) is 36.4 Å². The topological polar surface area (TPSA) is 87.7 Å². The Hall–Kier alpha value is -3.21. The second kappa shape index (κ2) is 7.56. The van der Waals surface area contributed by atoms with Crippen molar-refractivity contribution in [2.45, 2.75) is 12.1 Å². The Balaban J connectivity index is 1.66. The van der Waals surface area contributed by atoms with Crippen LogP contribution in [0.3, 0.4) is 0 Å². The minimum absolute atomic E-state index is 0.123. The maximum atomic E-state index is 12.9. The lowest BCUT2D eigenvalue weighted by Crippen LogP contribution is -2.54. The number of carbonyl (C=O) groups is 3. The first-order valence-electron chi connectivity index (χ1n) is 8.89. The van der Waals surface area contributed by atoms with Crippen LogP contribution in [0.5, 0.6) is 5.75 Å². The van der Waals surface area contributed by atoms with Crippen LogP contribution in [0.25, 0.3) is 0 Å². The molecule has 0 bridgehead atoms. The maximum Gasteiger partial charge on any atom is 0.323 e. The number of hydrogen-bond donors (Lipinski definition) is 2. The van der Waals surface area contributed by atoms with Crippen LogP contribution in [-0.4, -0.2) is 41.9 Å². The lowest BCUT2D eigenvalue weighted by Gasteiger charge is -2.26. The number of halogens is 2. The molecule has 4 rings (SSSR count). The van der Waals surface area contributed by atoms with Gasteiger partial charge >= 0.3 is 6.03 Å². The van der Waals surface area contributed by atoms with E-state index in [-0.39, 0.29) is 19.0 Å². The average Bonchev–Trinajstić information content (AvgIpc) is 3.15. The molecule has 1 saturated heterocycles. The minimum Gasteiger partial charge on any atom is -0.497 e. The molecule has 1 fully saturated rings. The molecule has 2 N–H and O–H groups in total. The molecule has 0 spiro atoms. The van der Waals surface area contributed by atoms with Crippen LogP contribution in [-0.2, 0) is 11.3 Å². The Kier molecular flexibility index (Phi) is 5.06. The highest BCUT2D eigenvalue weighted by molar-refractivity contribution is 6.34. The van der Waals surface area contributed by atoms with Crippen molar-refractivity contribution in [1.82, 2.24) is 15.5 Å². The third kappa shape index (κ3) is 3.67. The van der Waals surface area contributed by atoms with Gasteiger partial charge < -0.3 is 15.0 Å². The molecule has 0 aliphatic carbocycles. The van der Waals surface area contributed by atoms with Crippen molar-refractivity contribution in [3.05, 3.63) is 63.1 Å². The summed E-state index contributed by atoms with van der Waals surface area (Å²) in [4.78, 5) is 38.9. The monoisotopic (exact) mass is 443 g/mol. The fraction of sp³-hybridized carbons (Fsp3) is 0.190. The molecule has 1 atom stereocenters. The molecule has 2 aliphatic heterocycles. The van der Waals surface area contributed by atoms with E-state index < -0.39 is 17.5 Å². The van der Waals surface area contributed by atoms with E-state index in [0.29, 0.717) is 26.9 Å².